The number of aliphatic carboxylic acids is 2. The summed E-state index contributed by atoms with van der Waals surface area (Å²) in [6.07, 6.45) is 1.68. The van der Waals surface area contributed by atoms with E-state index in [0.717, 1.165) is 5.75 Å². The summed E-state index contributed by atoms with van der Waals surface area (Å²) in [5.74, 6) is -1.65. The van der Waals surface area contributed by atoms with Gasteiger partial charge in [0.2, 0.25) is 5.91 Å². The minimum Gasteiger partial charge on any atom is -0.480 e. The first-order chi connectivity index (χ1) is 9.20. The second-order valence-corrected chi connectivity index (χ2v) is 4.94. The van der Waals surface area contributed by atoms with Gasteiger partial charge in [0.05, 0.1) is 12.5 Å². The van der Waals surface area contributed by atoms with Crippen molar-refractivity contribution in [3.05, 3.63) is 0 Å². The van der Waals surface area contributed by atoms with E-state index in [0.29, 0.717) is 6.42 Å². The van der Waals surface area contributed by atoms with Gasteiger partial charge in [0.1, 0.15) is 12.6 Å². The van der Waals surface area contributed by atoms with Gasteiger partial charge in [-0.25, -0.2) is 0 Å². The number of hydrogen-bond acceptors (Lipinski definition) is 6. The molecule has 0 bridgehead atoms. The summed E-state index contributed by atoms with van der Waals surface area (Å²) >= 11 is 1.60. The van der Waals surface area contributed by atoms with E-state index < -0.39 is 36.5 Å². The fourth-order valence-corrected chi connectivity index (χ4v) is 1.37. The van der Waals surface area contributed by atoms with Crippen molar-refractivity contribution in [3.63, 3.8) is 0 Å². The van der Waals surface area contributed by atoms with Crippen LogP contribution < -0.4 is 11.1 Å². The van der Waals surface area contributed by atoms with Crippen LogP contribution in [0.25, 0.3) is 0 Å². The Labute approximate surface area is 121 Å². The number of amides is 1. The molecular formula is C11H22N2O6S. The molecule has 0 radical (unpaired) electrons. The first-order valence-corrected chi connectivity index (χ1v) is 7.24. The average Bonchev–Trinajstić information content (AvgIpc) is 2.33. The third-order valence-electron chi connectivity index (χ3n) is 1.87. The molecule has 20 heavy (non-hydrogen) atoms. The van der Waals surface area contributed by atoms with Crippen LogP contribution in [-0.2, 0) is 14.4 Å². The van der Waals surface area contributed by atoms with Gasteiger partial charge in [-0.05, 0) is 25.4 Å². The topological polar surface area (TPSA) is 150 Å². The first kappa shape index (κ1) is 21.0. The molecular weight excluding hydrogens is 288 g/mol. The molecule has 1 amide bonds. The molecule has 0 heterocycles. The molecule has 2 atom stereocenters. The van der Waals surface area contributed by atoms with Gasteiger partial charge in [-0.15, -0.1) is 0 Å². The van der Waals surface area contributed by atoms with Gasteiger partial charge < -0.3 is 26.4 Å². The van der Waals surface area contributed by atoms with E-state index in [9.17, 15) is 14.4 Å². The lowest BCUT2D eigenvalue weighted by Gasteiger charge is -2.03. The molecule has 9 heteroatoms. The van der Waals surface area contributed by atoms with Crippen LogP contribution in [0.4, 0.5) is 0 Å². The number of carboxylic acid groups (broad SMARTS) is 2. The van der Waals surface area contributed by atoms with Crippen molar-refractivity contribution in [2.45, 2.75) is 31.9 Å². The van der Waals surface area contributed by atoms with Crippen molar-refractivity contribution in [3.8, 4) is 0 Å². The molecule has 118 valence electrons. The van der Waals surface area contributed by atoms with Gasteiger partial charge in [-0.3, -0.25) is 14.4 Å². The van der Waals surface area contributed by atoms with Crippen molar-refractivity contribution in [1.82, 2.24) is 5.32 Å². The summed E-state index contributed by atoms with van der Waals surface area (Å²) in [6.45, 7) is 1.06. The molecule has 8 nitrogen and oxygen atoms in total. The predicted octanol–water partition coefficient (Wildman–Crippen LogP) is -0.890. The Morgan fingerprint density at radius 2 is 1.85 bits per heavy atom. The number of aliphatic hydroxyl groups is 1. The molecule has 0 aliphatic heterocycles. The molecule has 0 saturated heterocycles. The second-order valence-electron chi connectivity index (χ2n) is 3.95. The molecule has 1 unspecified atom stereocenters. The molecule has 0 aromatic rings. The zero-order valence-electron chi connectivity index (χ0n) is 11.5. The van der Waals surface area contributed by atoms with E-state index in [4.69, 9.17) is 21.1 Å². The highest BCUT2D eigenvalue weighted by molar-refractivity contribution is 7.98. The number of hydrogen-bond donors (Lipinski definition) is 5. The minimum absolute atomic E-state index is 0.0622. The van der Waals surface area contributed by atoms with Crippen LogP contribution >= 0.6 is 11.8 Å². The number of carbonyl (C=O) groups excluding carboxylic acids is 1. The molecule has 0 aromatic carbocycles. The highest BCUT2D eigenvalue weighted by Gasteiger charge is 2.09. The van der Waals surface area contributed by atoms with Crippen LogP contribution in [0.15, 0.2) is 0 Å². The average molecular weight is 310 g/mol. The van der Waals surface area contributed by atoms with Crippen molar-refractivity contribution >= 4 is 29.6 Å². The quantitative estimate of drug-likeness (QED) is 0.387. The molecule has 0 saturated carbocycles. The normalized spacial score (nSPS) is 12.6. The molecule has 0 spiro atoms. The maximum Gasteiger partial charge on any atom is 0.322 e. The Morgan fingerprint density at radius 1 is 1.30 bits per heavy atom. The van der Waals surface area contributed by atoms with Gasteiger partial charge in [0, 0.05) is 0 Å². The lowest BCUT2D eigenvalue weighted by Crippen LogP contribution is -2.31. The summed E-state index contributed by atoms with van der Waals surface area (Å²) in [5.41, 5.74) is 5.19. The number of nitrogens with one attached hydrogen (secondary N) is 1. The maximum absolute atomic E-state index is 10.6. The van der Waals surface area contributed by atoms with Crippen molar-refractivity contribution in [1.29, 1.82) is 0 Å². The van der Waals surface area contributed by atoms with E-state index in [-0.39, 0.29) is 6.42 Å². The van der Waals surface area contributed by atoms with E-state index in [1.165, 1.54) is 6.92 Å². The third kappa shape index (κ3) is 16.7. The van der Waals surface area contributed by atoms with Gasteiger partial charge in [-0.2, -0.15) is 11.8 Å². The van der Waals surface area contributed by atoms with Crippen LogP contribution in [0, 0.1) is 0 Å². The van der Waals surface area contributed by atoms with Crippen LogP contribution in [0.3, 0.4) is 0 Å². The molecule has 0 aliphatic rings. The van der Waals surface area contributed by atoms with Crippen LogP contribution in [0.2, 0.25) is 0 Å². The fraction of sp³-hybridized carbons (Fsp3) is 0.727. The molecule has 0 aliphatic carbocycles. The SMILES string of the molecule is CC(O)CC(=O)NCC(=O)O.CSCC[C@H](N)C(=O)O. The third-order valence-corrected chi connectivity index (χ3v) is 2.51. The lowest BCUT2D eigenvalue weighted by molar-refractivity contribution is -0.139. The smallest absolute Gasteiger partial charge is 0.322 e. The summed E-state index contributed by atoms with van der Waals surface area (Å²) < 4.78 is 0. The Bertz CT molecular complexity index is 311. The van der Waals surface area contributed by atoms with E-state index in [2.05, 4.69) is 5.32 Å². The summed E-state index contributed by atoms with van der Waals surface area (Å²) in [5, 5.41) is 27.2. The minimum atomic E-state index is -1.09. The molecule has 0 rings (SSSR count). The van der Waals surface area contributed by atoms with Gasteiger partial charge in [0.25, 0.3) is 0 Å². The van der Waals surface area contributed by atoms with Crippen LogP contribution in [0.5, 0.6) is 0 Å². The predicted molar refractivity (Wildman–Crippen MR) is 75.6 cm³/mol. The van der Waals surface area contributed by atoms with E-state index >= 15 is 0 Å². The zero-order chi connectivity index (χ0) is 16.1. The molecule has 0 fully saturated rings. The summed E-state index contributed by atoms with van der Waals surface area (Å²) in [7, 11) is 0. The number of rotatable bonds is 8. The highest BCUT2D eigenvalue weighted by atomic mass is 32.2. The summed E-state index contributed by atoms with van der Waals surface area (Å²) in [6, 6.07) is -0.683. The second kappa shape index (κ2) is 12.7. The number of thioether (sulfide) groups is 1. The van der Waals surface area contributed by atoms with Gasteiger partial charge in [-0.1, -0.05) is 0 Å². The van der Waals surface area contributed by atoms with Crippen molar-refractivity contribution in [2.75, 3.05) is 18.6 Å². The standard InChI is InChI=1S/C6H11NO4.C5H11NO2S/c1-4(8)2-5(9)7-3-6(10)11;1-9-3-2-4(6)5(7)8/h4,8H,2-3H2,1H3,(H,7,9)(H,10,11);4H,2-3,6H2,1H3,(H,7,8)/t;4-/m.0/s1. The molecule has 6 N–H and O–H groups in total. The van der Waals surface area contributed by atoms with Gasteiger partial charge in [0.15, 0.2) is 0 Å². The van der Waals surface area contributed by atoms with Crippen LogP contribution in [-0.4, -0.2) is 63.9 Å². The maximum atomic E-state index is 10.6. The summed E-state index contributed by atoms with van der Waals surface area (Å²) in [4.78, 5) is 30.6. The number of carboxylic acids is 2. The Balaban J connectivity index is 0. The number of aliphatic hydroxyl groups excluding tert-OH is 1. The van der Waals surface area contributed by atoms with E-state index in [1.54, 1.807) is 11.8 Å². The van der Waals surface area contributed by atoms with Gasteiger partial charge >= 0.3 is 11.9 Å². The first-order valence-electron chi connectivity index (χ1n) is 5.84. The van der Waals surface area contributed by atoms with E-state index in [1.807, 2.05) is 6.26 Å². The molecule has 0 aromatic heterocycles. The lowest BCUT2D eigenvalue weighted by atomic mass is 10.2. The highest BCUT2D eigenvalue weighted by Crippen LogP contribution is 1.97. The van der Waals surface area contributed by atoms with Crippen molar-refractivity contribution < 1.29 is 29.7 Å². The van der Waals surface area contributed by atoms with Crippen LogP contribution in [0.1, 0.15) is 19.8 Å². The number of carbonyl (C=O) groups is 3. The Kier molecular flexibility index (Phi) is 13.3. The monoisotopic (exact) mass is 310 g/mol. The Hall–Kier alpha value is -1.32. The Morgan fingerprint density at radius 3 is 2.20 bits per heavy atom. The number of nitrogens with two attached hydrogens (primary N) is 1. The fourth-order valence-electron chi connectivity index (χ4n) is 0.883. The largest absolute Gasteiger partial charge is 0.480 e. The van der Waals surface area contributed by atoms with Crippen molar-refractivity contribution in [2.24, 2.45) is 5.73 Å². The zero-order valence-corrected chi connectivity index (χ0v) is 12.4.